The van der Waals surface area contributed by atoms with E-state index in [4.69, 9.17) is 4.74 Å². The minimum Gasteiger partial charge on any atom is -0.368 e. The van der Waals surface area contributed by atoms with E-state index < -0.39 is 18.9 Å². The second-order valence-corrected chi connectivity index (χ2v) is 5.74. The fourth-order valence-electron chi connectivity index (χ4n) is 2.85. The number of amides is 1. The van der Waals surface area contributed by atoms with Crippen LogP contribution < -0.4 is 5.32 Å². The van der Waals surface area contributed by atoms with Gasteiger partial charge in [0.25, 0.3) is 5.91 Å². The number of carbonyl (C=O) groups is 1. The monoisotopic (exact) mass is 318 g/mol. The Labute approximate surface area is 127 Å². The lowest BCUT2D eigenvalue weighted by atomic mass is 9.86. The predicted octanol–water partition coefficient (Wildman–Crippen LogP) is 3.19. The summed E-state index contributed by atoms with van der Waals surface area (Å²) in [5.74, 6) is -0.279. The van der Waals surface area contributed by atoms with Crippen LogP contribution >= 0.6 is 0 Å². The summed E-state index contributed by atoms with van der Waals surface area (Å²) in [5, 5.41) is 2.80. The van der Waals surface area contributed by atoms with E-state index in [1.165, 1.54) is 0 Å². The summed E-state index contributed by atoms with van der Waals surface area (Å²) in [6.07, 6.45) is 0.130. The number of ether oxygens (including phenoxy) is 1. The van der Waals surface area contributed by atoms with Crippen LogP contribution in [0, 0.1) is 12.8 Å². The highest BCUT2D eigenvalue weighted by molar-refractivity contribution is 5.95. The maximum atomic E-state index is 12.3. The topological polar surface area (TPSA) is 54.1 Å². The molecule has 1 heterocycles. The first-order valence-electron chi connectivity index (χ1n) is 7.47. The molecule has 2 rings (SSSR count). The number of H-pyrrole nitrogens is 1. The van der Waals surface area contributed by atoms with Crippen molar-refractivity contribution in [3.8, 4) is 0 Å². The van der Waals surface area contributed by atoms with E-state index in [0.29, 0.717) is 18.5 Å². The van der Waals surface area contributed by atoms with Crippen molar-refractivity contribution < 1.29 is 22.7 Å². The number of carbonyl (C=O) groups excluding carboxylic acids is 1. The standard InChI is InChI=1S/C15H21F3N2O2/c1-10-12(6-7-19-10)14(21)20-8-11-4-2-3-5-13(11)22-9-15(16,17)18/h6-7,11,13,19H,2-5,8-9H2,1H3,(H,20,21)/t11-,13+/m0/s1. The Bertz CT molecular complexity index is 499. The first-order chi connectivity index (χ1) is 10.4. The molecule has 7 heteroatoms. The van der Waals surface area contributed by atoms with Gasteiger partial charge in [-0.15, -0.1) is 0 Å². The van der Waals surface area contributed by atoms with Crippen molar-refractivity contribution >= 4 is 5.91 Å². The molecule has 1 aliphatic rings. The molecule has 1 saturated carbocycles. The molecule has 0 radical (unpaired) electrons. The highest BCUT2D eigenvalue weighted by Gasteiger charge is 2.33. The Morgan fingerprint density at radius 1 is 1.41 bits per heavy atom. The Morgan fingerprint density at radius 3 is 2.77 bits per heavy atom. The van der Waals surface area contributed by atoms with Crippen LogP contribution in [-0.4, -0.2) is 36.3 Å². The molecular weight excluding hydrogens is 297 g/mol. The van der Waals surface area contributed by atoms with Crippen LogP contribution in [0.25, 0.3) is 0 Å². The normalized spacial score (nSPS) is 22.5. The summed E-state index contributed by atoms with van der Waals surface area (Å²) in [7, 11) is 0. The molecule has 0 unspecified atom stereocenters. The van der Waals surface area contributed by atoms with Gasteiger partial charge >= 0.3 is 6.18 Å². The van der Waals surface area contributed by atoms with Gasteiger partial charge in [0.05, 0.1) is 11.7 Å². The van der Waals surface area contributed by atoms with Gasteiger partial charge in [0.1, 0.15) is 6.61 Å². The Kier molecular flexibility index (Phi) is 5.50. The quantitative estimate of drug-likeness (QED) is 0.876. The van der Waals surface area contributed by atoms with Crippen molar-refractivity contribution in [2.45, 2.75) is 44.9 Å². The highest BCUT2D eigenvalue weighted by atomic mass is 19.4. The number of hydrogen-bond donors (Lipinski definition) is 2. The van der Waals surface area contributed by atoms with E-state index in [-0.39, 0.29) is 11.8 Å². The van der Waals surface area contributed by atoms with E-state index in [9.17, 15) is 18.0 Å². The van der Waals surface area contributed by atoms with E-state index in [1.807, 2.05) is 0 Å². The number of halogens is 3. The summed E-state index contributed by atoms with van der Waals surface area (Å²) in [6, 6.07) is 1.68. The van der Waals surface area contributed by atoms with Crippen LogP contribution in [0.2, 0.25) is 0 Å². The molecule has 124 valence electrons. The van der Waals surface area contributed by atoms with E-state index >= 15 is 0 Å². The molecule has 1 fully saturated rings. The Balaban J connectivity index is 1.86. The average Bonchev–Trinajstić information content (AvgIpc) is 2.89. The van der Waals surface area contributed by atoms with Gasteiger partial charge in [0.2, 0.25) is 0 Å². The van der Waals surface area contributed by atoms with Gasteiger partial charge in [-0.1, -0.05) is 12.8 Å². The molecule has 0 bridgehead atoms. The van der Waals surface area contributed by atoms with Gasteiger partial charge in [-0.25, -0.2) is 0 Å². The largest absolute Gasteiger partial charge is 0.411 e. The third-order valence-electron chi connectivity index (χ3n) is 4.02. The second-order valence-electron chi connectivity index (χ2n) is 5.74. The number of aromatic amines is 1. The van der Waals surface area contributed by atoms with E-state index in [0.717, 1.165) is 25.0 Å². The SMILES string of the molecule is Cc1[nH]ccc1C(=O)NC[C@@H]1CCCC[C@H]1OCC(F)(F)F. The molecule has 1 aromatic rings. The first-order valence-corrected chi connectivity index (χ1v) is 7.47. The minimum atomic E-state index is -4.31. The minimum absolute atomic E-state index is 0.0701. The molecule has 1 amide bonds. The Morgan fingerprint density at radius 2 is 2.14 bits per heavy atom. The van der Waals surface area contributed by atoms with Crippen molar-refractivity contribution in [1.29, 1.82) is 0 Å². The smallest absolute Gasteiger partial charge is 0.368 e. The molecule has 0 saturated heterocycles. The maximum absolute atomic E-state index is 12.3. The Hall–Kier alpha value is -1.50. The number of alkyl halides is 3. The van der Waals surface area contributed by atoms with Gasteiger partial charge in [0, 0.05) is 24.4 Å². The van der Waals surface area contributed by atoms with Crippen LogP contribution in [0.15, 0.2) is 12.3 Å². The lowest BCUT2D eigenvalue weighted by molar-refractivity contribution is -0.193. The number of aromatic nitrogens is 1. The van der Waals surface area contributed by atoms with Gasteiger partial charge in [-0.05, 0) is 25.8 Å². The molecule has 4 nitrogen and oxygen atoms in total. The zero-order valence-corrected chi connectivity index (χ0v) is 12.5. The molecule has 0 spiro atoms. The third-order valence-corrected chi connectivity index (χ3v) is 4.02. The molecule has 1 aromatic heterocycles. The van der Waals surface area contributed by atoms with Gasteiger partial charge < -0.3 is 15.0 Å². The first kappa shape index (κ1) is 16.9. The lowest BCUT2D eigenvalue weighted by Gasteiger charge is -2.31. The van der Waals surface area contributed by atoms with Crippen molar-refractivity contribution in [1.82, 2.24) is 10.3 Å². The van der Waals surface area contributed by atoms with Crippen molar-refractivity contribution in [3.63, 3.8) is 0 Å². The number of rotatable bonds is 5. The predicted molar refractivity (Wildman–Crippen MR) is 75.6 cm³/mol. The fraction of sp³-hybridized carbons (Fsp3) is 0.667. The van der Waals surface area contributed by atoms with E-state index in [1.54, 1.807) is 19.2 Å². The van der Waals surface area contributed by atoms with Crippen molar-refractivity contribution in [2.24, 2.45) is 5.92 Å². The molecule has 22 heavy (non-hydrogen) atoms. The van der Waals surface area contributed by atoms with Crippen LogP contribution in [0.3, 0.4) is 0 Å². The summed E-state index contributed by atoms with van der Waals surface area (Å²) < 4.78 is 41.9. The number of hydrogen-bond acceptors (Lipinski definition) is 2. The van der Waals surface area contributed by atoms with Gasteiger partial charge in [-0.2, -0.15) is 13.2 Å². The molecule has 2 N–H and O–H groups in total. The molecule has 1 aliphatic carbocycles. The van der Waals surface area contributed by atoms with E-state index in [2.05, 4.69) is 10.3 Å². The molecule has 0 aliphatic heterocycles. The summed E-state index contributed by atoms with van der Waals surface area (Å²) in [4.78, 5) is 15.0. The summed E-state index contributed by atoms with van der Waals surface area (Å²) >= 11 is 0. The number of aryl methyl sites for hydroxylation is 1. The van der Waals surface area contributed by atoms with Gasteiger partial charge in [0.15, 0.2) is 0 Å². The molecule has 2 atom stereocenters. The average molecular weight is 318 g/mol. The van der Waals surface area contributed by atoms with Crippen LogP contribution in [0.4, 0.5) is 13.2 Å². The maximum Gasteiger partial charge on any atom is 0.411 e. The van der Waals surface area contributed by atoms with Crippen LogP contribution in [0.5, 0.6) is 0 Å². The number of nitrogens with one attached hydrogen (secondary N) is 2. The van der Waals surface area contributed by atoms with Crippen molar-refractivity contribution in [2.75, 3.05) is 13.2 Å². The molecular formula is C15H21F3N2O2. The second kappa shape index (κ2) is 7.17. The fourth-order valence-corrected chi connectivity index (χ4v) is 2.85. The van der Waals surface area contributed by atoms with Crippen LogP contribution in [-0.2, 0) is 4.74 Å². The summed E-state index contributed by atoms with van der Waals surface area (Å²) in [5.41, 5.74) is 1.33. The van der Waals surface area contributed by atoms with Gasteiger partial charge in [-0.3, -0.25) is 4.79 Å². The van der Waals surface area contributed by atoms with Crippen molar-refractivity contribution in [3.05, 3.63) is 23.5 Å². The molecule has 0 aromatic carbocycles. The zero-order valence-electron chi connectivity index (χ0n) is 12.5. The summed E-state index contributed by atoms with van der Waals surface area (Å²) in [6.45, 7) is 0.912. The highest BCUT2D eigenvalue weighted by Crippen LogP contribution is 2.28. The van der Waals surface area contributed by atoms with Crippen LogP contribution in [0.1, 0.15) is 41.7 Å². The third kappa shape index (κ3) is 4.76. The lowest BCUT2D eigenvalue weighted by Crippen LogP contribution is -2.39. The zero-order chi connectivity index (χ0) is 16.2.